The smallest absolute Gasteiger partial charge is 0.276 e. The van der Waals surface area contributed by atoms with Gasteiger partial charge in [-0.2, -0.15) is 5.10 Å². The van der Waals surface area contributed by atoms with E-state index in [1.807, 2.05) is 30.3 Å². The summed E-state index contributed by atoms with van der Waals surface area (Å²) in [5.74, 6) is -0.372. The zero-order valence-electron chi connectivity index (χ0n) is 15.4. The first-order valence-corrected chi connectivity index (χ1v) is 10.6. The number of carbonyl (C=O) groups is 1. The van der Waals surface area contributed by atoms with E-state index in [9.17, 15) is 13.2 Å². The van der Waals surface area contributed by atoms with E-state index < -0.39 is 10.0 Å². The number of nitrogens with zero attached hydrogens (tertiary/aromatic N) is 2. The molecule has 0 atom stereocenters. The Labute approximate surface area is 167 Å². The molecule has 2 aromatic carbocycles. The predicted molar refractivity (Wildman–Crippen MR) is 112 cm³/mol. The number of pyridine rings is 1. The van der Waals surface area contributed by atoms with Gasteiger partial charge < -0.3 is 5.32 Å². The minimum absolute atomic E-state index is 0.268. The van der Waals surface area contributed by atoms with Crippen LogP contribution in [0, 0.1) is 0 Å². The summed E-state index contributed by atoms with van der Waals surface area (Å²) in [6, 6.07) is 15.9. The minimum atomic E-state index is -3.36. The molecule has 0 unspecified atom stereocenters. The lowest BCUT2D eigenvalue weighted by atomic mass is 10.0. The summed E-state index contributed by atoms with van der Waals surface area (Å²) in [5, 5.41) is 10.5. The Kier molecular flexibility index (Phi) is 4.73. The van der Waals surface area contributed by atoms with Crippen LogP contribution in [0.3, 0.4) is 0 Å². The number of nitrogens with one attached hydrogen (secondary N) is 3. The zero-order valence-corrected chi connectivity index (χ0v) is 16.2. The normalized spacial score (nSPS) is 11.3. The van der Waals surface area contributed by atoms with Gasteiger partial charge in [-0.1, -0.05) is 12.1 Å². The van der Waals surface area contributed by atoms with Gasteiger partial charge in [0.1, 0.15) is 0 Å². The van der Waals surface area contributed by atoms with E-state index in [2.05, 4.69) is 25.2 Å². The van der Waals surface area contributed by atoms with Crippen LogP contribution in [0.25, 0.3) is 22.0 Å². The monoisotopic (exact) mass is 407 g/mol. The molecule has 4 rings (SSSR count). The van der Waals surface area contributed by atoms with Crippen molar-refractivity contribution in [1.29, 1.82) is 0 Å². The van der Waals surface area contributed by atoms with Gasteiger partial charge in [0, 0.05) is 34.7 Å². The zero-order chi connectivity index (χ0) is 20.4. The fraction of sp³-hybridized carbons (Fsp3) is 0.0500. The van der Waals surface area contributed by atoms with E-state index in [-0.39, 0.29) is 11.6 Å². The number of aromatic nitrogens is 3. The molecule has 0 spiro atoms. The average Bonchev–Trinajstić information content (AvgIpc) is 3.12. The topological polar surface area (TPSA) is 117 Å². The number of rotatable bonds is 5. The lowest BCUT2D eigenvalue weighted by Crippen LogP contribution is -2.13. The maximum atomic E-state index is 12.7. The van der Waals surface area contributed by atoms with Crippen LogP contribution < -0.4 is 10.0 Å². The molecule has 4 aromatic rings. The average molecular weight is 407 g/mol. The highest BCUT2D eigenvalue weighted by Gasteiger charge is 2.15. The van der Waals surface area contributed by atoms with Gasteiger partial charge in [0.15, 0.2) is 5.69 Å². The van der Waals surface area contributed by atoms with Crippen LogP contribution in [0.4, 0.5) is 11.4 Å². The van der Waals surface area contributed by atoms with Gasteiger partial charge in [-0.25, -0.2) is 8.42 Å². The summed E-state index contributed by atoms with van der Waals surface area (Å²) < 4.78 is 24.9. The van der Waals surface area contributed by atoms with Crippen LogP contribution in [0.2, 0.25) is 0 Å². The van der Waals surface area contributed by atoms with Gasteiger partial charge >= 0.3 is 0 Å². The fourth-order valence-corrected chi connectivity index (χ4v) is 3.49. The van der Waals surface area contributed by atoms with Gasteiger partial charge in [0.2, 0.25) is 10.0 Å². The van der Waals surface area contributed by atoms with Crippen LogP contribution in [0.5, 0.6) is 0 Å². The molecule has 2 heterocycles. The number of H-pyrrole nitrogens is 1. The van der Waals surface area contributed by atoms with Gasteiger partial charge in [-0.3, -0.25) is 19.6 Å². The third-order valence-corrected chi connectivity index (χ3v) is 4.83. The molecular formula is C20H17N5O3S. The Bertz CT molecular complexity index is 1280. The van der Waals surface area contributed by atoms with E-state index >= 15 is 0 Å². The molecule has 146 valence electrons. The van der Waals surface area contributed by atoms with Gasteiger partial charge in [0.25, 0.3) is 5.91 Å². The maximum Gasteiger partial charge on any atom is 0.276 e. The van der Waals surface area contributed by atoms with E-state index in [1.54, 1.807) is 36.7 Å². The van der Waals surface area contributed by atoms with Gasteiger partial charge in [-0.15, -0.1) is 0 Å². The molecule has 0 radical (unpaired) electrons. The van der Waals surface area contributed by atoms with Gasteiger partial charge in [-0.05, 0) is 48.0 Å². The quantitative estimate of drug-likeness (QED) is 0.469. The van der Waals surface area contributed by atoms with Crippen LogP contribution in [0.1, 0.15) is 10.5 Å². The number of benzene rings is 2. The highest BCUT2D eigenvalue weighted by molar-refractivity contribution is 7.92. The molecule has 0 aliphatic heterocycles. The largest absolute Gasteiger partial charge is 0.321 e. The summed E-state index contributed by atoms with van der Waals surface area (Å²) in [5.41, 5.74) is 3.82. The third-order valence-electron chi connectivity index (χ3n) is 4.22. The number of anilines is 2. The molecular weight excluding hydrogens is 390 g/mol. The number of sulfonamides is 1. The number of aromatic amines is 1. The van der Waals surface area contributed by atoms with Crippen LogP contribution in [-0.4, -0.2) is 35.8 Å². The molecule has 0 saturated carbocycles. The number of amides is 1. The highest BCUT2D eigenvalue weighted by atomic mass is 32.2. The Hall–Kier alpha value is -3.72. The Morgan fingerprint density at radius 2 is 1.76 bits per heavy atom. The van der Waals surface area contributed by atoms with Crippen molar-refractivity contribution >= 4 is 38.2 Å². The summed E-state index contributed by atoms with van der Waals surface area (Å²) in [4.78, 5) is 16.9. The van der Waals surface area contributed by atoms with E-state index in [1.165, 1.54) is 0 Å². The van der Waals surface area contributed by atoms with Crippen LogP contribution in [0.15, 0.2) is 67.0 Å². The molecule has 9 heteroatoms. The third kappa shape index (κ3) is 4.25. The summed E-state index contributed by atoms with van der Waals surface area (Å²) >= 11 is 0. The number of fused-ring (bicyclic) bond motifs is 1. The second-order valence-electron chi connectivity index (χ2n) is 6.48. The summed E-state index contributed by atoms with van der Waals surface area (Å²) in [6.45, 7) is 0. The molecule has 3 N–H and O–H groups in total. The summed E-state index contributed by atoms with van der Waals surface area (Å²) in [7, 11) is -3.36. The fourth-order valence-electron chi connectivity index (χ4n) is 2.93. The Balaban J connectivity index is 1.58. The van der Waals surface area contributed by atoms with Crippen molar-refractivity contribution in [3.05, 3.63) is 72.7 Å². The standard InChI is InChI=1S/C20H17N5O3S/c1-29(27,28)25-16-7-5-15(6-8-16)22-20(26)19-17-11-13(4-9-18(17)23-24-19)14-3-2-10-21-12-14/h2-12,25H,1H3,(H,22,26)(H,23,24). The van der Waals surface area contributed by atoms with Crippen molar-refractivity contribution < 1.29 is 13.2 Å². The maximum absolute atomic E-state index is 12.7. The lowest BCUT2D eigenvalue weighted by Gasteiger charge is -2.07. The minimum Gasteiger partial charge on any atom is -0.321 e. The molecule has 8 nitrogen and oxygen atoms in total. The molecule has 0 bridgehead atoms. The van der Waals surface area contributed by atoms with Crippen LogP contribution >= 0.6 is 0 Å². The SMILES string of the molecule is CS(=O)(=O)Nc1ccc(NC(=O)c2n[nH]c3ccc(-c4cccnc4)cc23)cc1. The number of hydrogen-bond acceptors (Lipinski definition) is 5. The first kappa shape index (κ1) is 18.6. The van der Waals surface area contributed by atoms with E-state index in [4.69, 9.17) is 0 Å². The van der Waals surface area contributed by atoms with Gasteiger partial charge in [0.05, 0.1) is 11.8 Å². The molecule has 0 saturated heterocycles. The van der Waals surface area contributed by atoms with Crippen molar-refractivity contribution in [3.8, 4) is 11.1 Å². The van der Waals surface area contributed by atoms with Crippen LogP contribution in [-0.2, 0) is 10.0 Å². The van der Waals surface area contributed by atoms with E-state index in [0.717, 1.165) is 22.9 Å². The molecule has 0 aliphatic carbocycles. The van der Waals surface area contributed by atoms with Crippen molar-refractivity contribution in [3.63, 3.8) is 0 Å². The second kappa shape index (κ2) is 7.36. The second-order valence-corrected chi connectivity index (χ2v) is 8.23. The number of carbonyl (C=O) groups excluding carboxylic acids is 1. The molecule has 2 aromatic heterocycles. The number of hydrogen-bond donors (Lipinski definition) is 3. The Morgan fingerprint density at radius 1 is 1.00 bits per heavy atom. The first-order valence-electron chi connectivity index (χ1n) is 8.67. The molecule has 0 fully saturated rings. The molecule has 0 aliphatic rings. The predicted octanol–water partition coefficient (Wildman–Crippen LogP) is 3.25. The molecule has 29 heavy (non-hydrogen) atoms. The molecule has 1 amide bonds. The first-order chi connectivity index (χ1) is 13.9. The highest BCUT2D eigenvalue weighted by Crippen LogP contribution is 2.25. The Morgan fingerprint density at radius 3 is 2.45 bits per heavy atom. The van der Waals surface area contributed by atoms with Crippen molar-refractivity contribution in [2.24, 2.45) is 0 Å². The van der Waals surface area contributed by atoms with Crippen molar-refractivity contribution in [2.75, 3.05) is 16.3 Å². The van der Waals surface area contributed by atoms with E-state index in [0.29, 0.717) is 16.8 Å². The van der Waals surface area contributed by atoms with Crippen molar-refractivity contribution in [2.45, 2.75) is 0 Å². The van der Waals surface area contributed by atoms with Crippen molar-refractivity contribution in [1.82, 2.24) is 15.2 Å². The lowest BCUT2D eigenvalue weighted by molar-refractivity contribution is 0.102. The summed E-state index contributed by atoms with van der Waals surface area (Å²) in [6.07, 6.45) is 4.54.